The van der Waals surface area contributed by atoms with Crippen molar-refractivity contribution in [2.45, 2.75) is 19.4 Å². The van der Waals surface area contributed by atoms with E-state index in [9.17, 15) is 4.79 Å². The van der Waals surface area contributed by atoms with E-state index in [4.69, 9.17) is 4.42 Å². The maximum atomic E-state index is 12.2. The summed E-state index contributed by atoms with van der Waals surface area (Å²) >= 11 is 0. The number of carbonyl (C=O) groups excluding carboxylic acids is 1. The topological polar surface area (TPSA) is 128 Å². The van der Waals surface area contributed by atoms with Gasteiger partial charge in [0.25, 0.3) is 0 Å². The van der Waals surface area contributed by atoms with Crippen molar-refractivity contribution in [1.29, 1.82) is 0 Å². The van der Waals surface area contributed by atoms with Gasteiger partial charge >= 0.3 is 0 Å². The number of aromatic nitrogens is 8. The van der Waals surface area contributed by atoms with Crippen LogP contribution in [0.15, 0.2) is 35.4 Å². The smallest absolute Gasteiger partial charge is 0.237 e. The van der Waals surface area contributed by atoms with E-state index in [-0.39, 0.29) is 18.0 Å². The maximum Gasteiger partial charge on any atom is 0.237 e. The molecule has 10 heteroatoms. The summed E-state index contributed by atoms with van der Waals surface area (Å²) < 4.78 is 7.07. The van der Waals surface area contributed by atoms with E-state index in [0.717, 1.165) is 5.52 Å². The number of aryl methyl sites for hydroxylation is 1. The van der Waals surface area contributed by atoms with Crippen molar-refractivity contribution in [1.82, 2.24) is 39.9 Å². The van der Waals surface area contributed by atoms with Crippen LogP contribution in [0.3, 0.4) is 0 Å². The van der Waals surface area contributed by atoms with Crippen LogP contribution in [0.2, 0.25) is 0 Å². The van der Waals surface area contributed by atoms with Gasteiger partial charge in [-0.25, -0.2) is 19.6 Å². The van der Waals surface area contributed by atoms with Gasteiger partial charge in [0.05, 0.1) is 5.52 Å². The van der Waals surface area contributed by atoms with Gasteiger partial charge in [-0.3, -0.25) is 4.79 Å². The molecule has 1 N–H and O–H groups in total. The number of aromatic amines is 1. The third-order valence-electron chi connectivity index (χ3n) is 3.36. The molecule has 4 heterocycles. The molecular weight excluding hydrogens is 312 g/mol. The Morgan fingerprint density at radius 1 is 1.29 bits per heavy atom. The second-order valence-corrected chi connectivity index (χ2v) is 5.07. The Bertz CT molecular complexity index is 939. The molecule has 0 fully saturated rings. The Morgan fingerprint density at radius 3 is 3.04 bits per heavy atom. The molecule has 0 saturated carbocycles. The van der Waals surface area contributed by atoms with Gasteiger partial charge in [-0.15, -0.1) is 10.2 Å². The van der Waals surface area contributed by atoms with E-state index in [0.29, 0.717) is 30.4 Å². The van der Waals surface area contributed by atoms with Crippen molar-refractivity contribution >= 4 is 16.9 Å². The van der Waals surface area contributed by atoms with Crippen LogP contribution in [-0.4, -0.2) is 45.7 Å². The Morgan fingerprint density at radius 2 is 2.21 bits per heavy atom. The molecule has 0 saturated heterocycles. The zero-order chi connectivity index (χ0) is 16.4. The number of nitrogens with zero attached hydrogens (tertiary/aromatic N) is 7. The molecule has 0 bridgehead atoms. The van der Waals surface area contributed by atoms with Crippen molar-refractivity contribution in [3.8, 4) is 0 Å². The van der Waals surface area contributed by atoms with Gasteiger partial charge in [0.1, 0.15) is 19.2 Å². The first-order chi connectivity index (χ1) is 11.8. The molecule has 24 heavy (non-hydrogen) atoms. The zero-order valence-electron chi connectivity index (χ0n) is 12.5. The average molecular weight is 324 g/mol. The molecule has 0 aliphatic heterocycles. The van der Waals surface area contributed by atoms with Crippen LogP contribution >= 0.6 is 0 Å². The zero-order valence-corrected chi connectivity index (χ0v) is 12.5. The summed E-state index contributed by atoms with van der Waals surface area (Å²) in [4.78, 5) is 27.3. The lowest BCUT2D eigenvalue weighted by atomic mass is 10.2. The molecule has 0 spiro atoms. The lowest BCUT2D eigenvalue weighted by Gasteiger charge is -1.95. The van der Waals surface area contributed by atoms with Gasteiger partial charge in [0, 0.05) is 19.0 Å². The van der Waals surface area contributed by atoms with Crippen LogP contribution in [0.5, 0.6) is 0 Å². The number of nitrogens with one attached hydrogen (secondary N) is 1. The third-order valence-corrected chi connectivity index (χ3v) is 3.36. The molecule has 0 unspecified atom stereocenters. The lowest BCUT2D eigenvalue weighted by molar-refractivity contribution is 0.0971. The Labute approximate surface area is 135 Å². The number of hydrogen-bond acceptors (Lipinski definition) is 8. The van der Waals surface area contributed by atoms with Crippen LogP contribution in [-0.2, 0) is 13.0 Å². The minimum absolute atomic E-state index is 0.135. The van der Waals surface area contributed by atoms with Gasteiger partial charge in [-0.05, 0) is 12.1 Å². The van der Waals surface area contributed by atoms with Crippen molar-refractivity contribution in [3.63, 3.8) is 0 Å². The first-order valence-electron chi connectivity index (χ1n) is 7.25. The largest absolute Gasteiger partial charge is 0.423 e. The molecular formula is C14H12N8O2. The molecule has 10 nitrogen and oxygen atoms in total. The second kappa shape index (κ2) is 5.99. The summed E-state index contributed by atoms with van der Waals surface area (Å²) in [6.07, 6.45) is 5.17. The highest BCUT2D eigenvalue weighted by Crippen LogP contribution is 2.11. The standard InChI is InChI=1S/C14H12N8O2/c23-10(14-18-9-2-1-5-16-13(9)19-14)3-4-11-20-21-12(24-11)6-22-8-15-7-17-22/h1-2,5,7-8H,3-4,6H2,(H,16,18,19). The predicted octanol–water partition coefficient (Wildman–Crippen LogP) is 0.796. The van der Waals surface area contributed by atoms with E-state index in [2.05, 4.69) is 35.2 Å². The number of hydrogen-bond donors (Lipinski definition) is 1. The van der Waals surface area contributed by atoms with E-state index in [1.165, 1.54) is 6.33 Å². The number of pyridine rings is 1. The lowest BCUT2D eigenvalue weighted by Crippen LogP contribution is -2.03. The highest BCUT2D eigenvalue weighted by atomic mass is 16.4. The first kappa shape index (κ1) is 14.2. The van der Waals surface area contributed by atoms with Gasteiger partial charge in [-0.1, -0.05) is 0 Å². The predicted molar refractivity (Wildman–Crippen MR) is 80.0 cm³/mol. The molecule has 0 atom stereocenters. The highest BCUT2D eigenvalue weighted by molar-refractivity contribution is 5.95. The SMILES string of the molecule is O=C(CCc1nnc(Cn2cncn2)o1)c1nc2ncccc2[nH]1. The molecule has 4 aromatic heterocycles. The number of H-pyrrole nitrogens is 1. The van der Waals surface area contributed by atoms with Crippen LogP contribution in [0, 0.1) is 0 Å². The minimum atomic E-state index is -0.135. The number of fused-ring (bicyclic) bond motifs is 1. The van der Waals surface area contributed by atoms with Crippen molar-refractivity contribution < 1.29 is 9.21 Å². The molecule has 0 aromatic carbocycles. The summed E-state index contributed by atoms with van der Waals surface area (Å²) in [5.41, 5.74) is 1.25. The molecule has 0 aliphatic carbocycles. The Kier molecular flexibility index (Phi) is 3.54. The molecule has 4 rings (SSSR count). The molecule has 120 valence electrons. The van der Waals surface area contributed by atoms with E-state index in [1.54, 1.807) is 23.3 Å². The molecule has 0 amide bonds. The summed E-state index contributed by atoms with van der Waals surface area (Å²) in [5.74, 6) is 0.957. The summed E-state index contributed by atoms with van der Waals surface area (Å²) in [7, 11) is 0. The van der Waals surface area contributed by atoms with E-state index >= 15 is 0 Å². The van der Waals surface area contributed by atoms with Crippen molar-refractivity contribution in [2.75, 3.05) is 0 Å². The van der Waals surface area contributed by atoms with Crippen LogP contribution in [0.4, 0.5) is 0 Å². The number of Topliss-reactive ketones (excluding diaryl/α,β-unsaturated/α-hetero) is 1. The van der Waals surface area contributed by atoms with E-state index in [1.807, 2.05) is 6.07 Å². The number of ketones is 1. The van der Waals surface area contributed by atoms with E-state index < -0.39 is 0 Å². The highest BCUT2D eigenvalue weighted by Gasteiger charge is 2.14. The van der Waals surface area contributed by atoms with Crippen LogP contribution in [0.25, 0.3) is 11.2 Å². The van der Waals surface area contributed by atoms with Gasteiger partial charge in [0.15, 0.2) is 17.3 Å². The first-order valence-corrected chi connectivity index (χ1v) is 7.25. The molecule has 4 aromatic rings. The molecule has 0 aliphatic rings. The minimum Gasteiger partial charge on any atom is -0.423 e. The quantitative estimate of drug-likeness (QED) is 0.516. The maximum absolute atomic E-state index is 12.2. The van der Waals surface area contributed by atoms with Crippen molar-refractivity contribution in [2.24, 2.45) is 0 Å². The van der Waals surface area contributed by atoms with Gasteiger partial charge in [-0.2, -0.15) is 5.10 Å². The summed E-state index contributed by atoms with van der Waals surface area (Å²) in [6.45, 7) is 0.343. The summed E-state index contributed by atoms with van der Waals surface area (Å²) in [5, 5.41) is 11.8. The monoisotopic (exact) mass is 324 g/mol. The van der Waals surface area contributed by atoms with Gasteiger partial charge in [0.2, 0.25) is 11.8 Å². The number of rotatable bonds is 6. The summed E-state index contributed by atoms with van der Waals surface area (Å²) in [6, 6.07) is 3.60. The Hall–Kier alpha value is -3.43. The van der Waals surface area contributed by atoms with Gasteiger partial charge < -0.3 is 9.40 Å². The normalized spacial score (nSPS) is 11.2. The van der Waals surface area contributed by atoms with Crippen LogP contribution < -0.4 is 0 Å². The third kappa shape index (κ3) is 2.89. The number of carbonyl (C=O) groups is 1. The fraction of sp³-hybridized carbons (Fsp3) is 0.214. The number of imidazole rings is 1. The Balaban J connectivity index is 1.39. The van der Waals surface area contributed by atoms with Crippen molar-refractivity contribution in [3.05, 3.63) is 48.6 Å². The fourth-order valence-electron chi connectivity index (χ4n) is 2.22. The molecule has 0 radical (unpaired) electrons. The van der Waals surface area contributed by atoms with Crippen LogP contribution in [0.1, 0.15) is 28.8 Å². The fourth-order valence-corrected chi connectivity index (χ4v) is 2.22. The average Bonchev–Trinajstić information content (AvgIpc) is 3.33. The second-order valence-electron chi connectivity index (χ2n) is 5.07.